The predicted molar refractivity (Wildman–Crippen MR) is 81.7 cm³/mol. The Hall–Kier alpha value is -1.72. The first-order chi connectivity index (χ1) is 9.63. The van der Waals surface area contributed by atoms with E-state index in [1.807, 2.05) is 35.9 Å². The minimum Gasteiger partial charge on any atom is -0.327 e. The van der Waals surface area contributed by atoms with Crippen LogP contribution in [-0.2, 0) is 13.6 Å². The van der Waals surface area contributed by atoms with Crippen LogP contribution in [0.15, 0.2) is 40.9 Å². The zero-order valence-corrected chi connectivity index (χ0v) is 12.5. The van der Waals surface area contributed by atoms with Gasteiger partial charge in [-0.15, -0.1) is 0 Å². The number of nitrogens with zero attached hydrogens (tertiary/aromatic N) is 2. The van der Waals surface area contributed by atoms with Crippen molar-refractivity contribution < 1.29 is 4.39 Å². The van der Waals surface area contributed by atoms with Gasteiger partial charge >= 0.3 is 0 Å². The van der Waals surface area contributed by atoms with Crippen LogP contribution < -0.4 is 5.73 Å². The Kier molecular flexibility index (Phi) is 3.31. The molecule has 2 aromatic carbocycles. The first-order valence-corrected chi connectivity index (χ1v) is 7.01. The van der Waals surface area contributed by atoms with E-state index in [4.69, 9.17) is 5.73 Å². The quantitative estimate of drug-likeness (QED) is 0.778. The Morgan fingerprint density at radius 3 is 2.70 bits per heavy atom. The molecule has 3 nitrogen and oxygen atoms in total. The van der Waals surface area contributed by atoms with Crippen LogP contribution >= 0.6 is 15.9 Å². The molecule has 0 radical (unpaired) electrons. The van der Waals surface area contributed by atoms with Crippen LogP contribution in [0.4, 0.5) is 4.39 Å². The van der Waals surface area contributed by atoms with E-state index in [1.54, 1.807) is 6.07 Å². The molecule has 20 heavy (non-hydrogen) atoms. The number of halogens is 2. The third kappa shape index (κ3) is 1.94. The summed E-state index contributed by atoms with van der Waals surface area (Å²) in [5.41, 5.74) is 8.93. The zero-order chi connectivity index (χ0) is 14.3. The molecule has 0 aliphatic heterocycles. The van der Waals surface area contributed by atoms with E-state index in [1.165, 1.54) is 6.07 Å². The van der Waals surface area contributed by atoms with Crippen molar-refractivity contribution in [3.63, 3.8) is 0 Å². The number of benzene rings is 2. The molecule has 1 heterocycles. The molecule has 2 N–H and O–H groups in total. The monoisotopic (exact) mass is 333 g/mol. The lowest BCUT2D eigenvalue weighted by Gasteiger charge is -2.06. The number of hydrogen-bond acceptors (Lipinski definition) is 2. The number of para-hydroxylation sites is 1. The molecule has 102 valence electrons. The first kappa shape index (κ1) is 13.3. The van der Waals surface area contributed by atoms with E-state index in [0.29, 0.717) is 22.4 Å². The molecule has 3 aromatic rings. The SMILES string of the molecule is Cn1c(-c2c(F)cccc2Br)nc2c(CN)cccc21. The van der Waals surface area contributed by atoms with Crippen molar-refractivity contribution in [1.82, 2.24) is 9.55 Å². The Bertz CT molecular complexity index is 775. The van der Waals surface area contributed by atoms with Crippen molar-refractivity contribution in [2.75, 3.05) is 0 Å². The van der Waals surface area contributed by atoms with Gasteiger partial charge in [-0.2, -0.15) is 0 Å². The number of rotatable bonds is 2. The highest BCUT2D eigenvalue weighted by molar-refractivity contribution is 9.10. The topological polar surface area (TPSA) is 43.8 Å². The lowest BCUT2D eigenvalue weighted by atomic mass is 10.2. The molecular formula is C15H13BrFN3. The summed E-state index contributed by atoms with van der Waals surface area (Å²) in [4.78, 5) is 4.59. The average molecular weight is 334 g/mol. The maximum atomic E-state index is 14.1. The molecule has 0 aliphatic carbocycles. The molecule has 0 amide bonds. The van der Waals surface area contributed by atoms with Gasteiger partial charge in [-0.1, -0.05) is 18.2 Å². The Labute approximate surface area is 124 Å². The van der Waals surface area contributed by atoms with Gasteiger partial charge in [0.2, 0.25) is 0 Å². The highest BCUT2D eigenvalue weighted by atomic mass is 79.9. The molecule has 0 saturated carbocycles. The van der Waals surface area contributed by atoms with Gasteiger partial charge in [-0.25, -0.2) is 9.37 Å². The smallest absolute Gasteiger partial charge is 0.144 e. The van der Waals surface area contributed by atoms with E-state index in [-0.39, 0.29) is 5.82 Å². The maximum absolute atomic E-state index is 14.1. The predicted octanol–water partition coefficient (Wildman–Crippen LogP) is 3.60. The van der Waals surface area contributed by atoms with Crippen molar-refractivity contribution >= 4 is 27.0 Å². The molecule has 0 bridgehead atoms. The standard InChI is InChI=1S/C15H13BrFN3/c1-20-12-7-2-4-9(8-18)14(12)19-15(20)13-10(16)5-3-6-11(13)17/h2-7H,8,18H2,1H3. The fourth-order valence-corrected chi connectivity index (χ4v) is 2.89. The first-order valence-electron chi connectivity index (χ1n) is 6.22. The van der Waals surface area contributed by atoms with Crippen LogP contribution in [0.3, 0.4) is 0 Å². The number of fused-ring (bicyclic) bond motifs is 1. The second-order valence-corrected chi connectivity index (χ2v) is 5.43. The fraction of sp³-hybridized carbons (Fsp3) is 0.133. The van der Waals surface area contributed by atoms with E-state index >= 15 is 0 Å². The summed E-state index contributed by atoms with van der Waals surface area (Å²) in [5.74, 6) is 0.290. The minimum absolute atomic E-state index is 0.299. The maximum Gasteiger partial charge on any atom is 0.144 e. The second kappa shape index (κ2) is 5.00. The van der Waals surface area contributed by atoms with Gasteiger partial charge in [0.15, 0.2) is 0 Å². The van der Waals surface area contributed by atoms with Crippen molar-refractivity contribution in [2.24, 2.45) is 12.8 Å². The van der Waals surface area contributed by atoms with Gasteiger partial charge in [0.05, 0.1) is 16.6 Å². The second-order valence-electron chi connectivity index (χ2n) is 4.58. The van der Waals surface area contributed by atoms with Gasteiger partial charge in [-0.3, -0.25) is 0 Å². The molecule has 0 aliphatic rings. The van der Waals surface area contributed by atoms with E-state index in [9.17, 15) is 4.39 Å². The van der Waals surface area contributed by atoms with Crippen LogP contribution in [0.1, 0.15) is 5.56 Å². The van der Waals surface area contributed by atoms with E-state index in [0.717, 1.165) is 16.6 Å². The van der Waals surface area contributed by atoms with Crippen LogP contribution in [-0.4, -0.2) is 9.55 Å². The van der Waals surface area contributed by atoms with Crippen LogP contribution in [0.25, 0.3) is 22.4 Å². The summed E-state index contributed by atoms with van der Waals surface area (Å²) in [6.45, 7) is 0.409. The Morgan fingerprint density at radius 2 is 2.00 bits per heavy atom. The summed E-state index contributed by atoms with van der Waals surface area (Å²) in [7, 11) is 1.88. The molecular weight excluding hydrogens is 321 g/mol. The van der Waals surface area contributed by atoms with Crippen molar-refractivity contribution in [2.45, 2.75) is 6.54 Å². The lowest BCUT2D eigenvalue weighted by Crippen LogP contribution is -1.97. The Balaban J connectivity index is 2.36. The largest absolute Gasteiger partial charge is 0.327 e. The van der Waals surface area contributed by atoms with Gasteiger partial charge in [0.1, 0.15) is 11.6 Å². The normalized spacial score (nSPS) is 11.2. The highest BCUT2D eigenvalue weighted by Gasteiger charge is 2.17. The van der Waals surface area contributed by atoms with Gasteiger partial charge < -0.3 is 10.3 Å². The van der Waals surface area contributed by atoms with Gasteiger partial charge in [0, 0.05) is 18.1 Å². The highest BCUT2D eigenvalue weighted by Crippen LogP contribution is 2.32. The van der Waals surface area contributed by atoms with Crippen LogP contribution in [0, 0.1) is 5.82 Å². The summed E-state index contributed by atoms with van der Waals surface area (Å²) in [6, 6.07) is 10.7. The van der Waals surface area contributed by atoms with Crippen molar-refractivity contribution in [3.05, 3.63) is 52.3 Å². The van der Waals surface area contributed by atoms with E-state index in [2.05, 4.69) is 20.9 Å². The molecule has 0 fully saturated rings. The zero-order valence-electron chi connectivity index (χ0n) is 10.9. The fourth-order valence-electron chi connectivity index (χ4n) is 2.37. The summed E-state index contributed by atoms with van der Waals surface area (Å²) < 4.78 is 16.7. The van der Waals surface area contributed by atoms with Crippen LogP contribution in [0.5, 0.6) is 0 Å². The third-order valence-corrected chi connectivity index (χ3v) is 4.06. The lowest BCUT2D eigenvalue weighted by molar-refractivity contribution is 0.628. The third-order valence-electron chi connectivity index (χ3n) is 3.40. The molecule has 5 heteroatoms. The summed E-state index contributed by atoms with van der Waals surface area (Å²) in [6.07, 6.45) is 0. The number of nitrogens with two attached hydrogens (primary N) is 1. The van der Waals surface area contributed by atoms with Crippen molar-refractivity contribution in [3.8, 4) is 11.4 Å². The summed E-state index contributed by atoms with van der Waals surface area (Å²) in [5, 5.41) is 0. The minimum atomic E-state index is -0.299. The van der Waals surface area contributed by atoms with Crippen molar-refractivity contribution in [1.29, 1.82) is 0 Å². The van der Waals surface area contributed by atoms with Crippen LogP contribution in [0.2, 0.25) is 0 Å². The number of aromatic nitrogens is 2. The average Bonchev–Trinajstić information content (AvgIpc) is 2.76. The number of imidazole rings is 1. The summed E-state index contributed by atoms with van der Waals surface area (Å²) >= 11 is 3.39. The van der Waals surface area contributed by atoms with Gasteiger partial charge in [0.25, 0.3) is 0 Å². The molecule has 3 rings (SSSR count). The van der Waals surface area contributed by atoms with E-state index < -0.39 is 0 Å². The molecule has 0 saturated heterocycles. The molecule has 0 spiro atoms. The number of aryl methyl sites for hydroxylation is 1. The molecule has 0 atom stereocenters. The van der Waals surface area contributed by atoms with Gasteiger partial charge in [-0.05, 0) is 39.7 Å². The Morgan fingerprint density at radius 1 is 1.25 bits per heavy atom. The molecule has 1 aromatic heterocycles. The molecule has 0 unspecified atom stereocenters. The number of hydrogen-bond donors (Lipinski definition) is 1.